The predicted molar refractivity (Wildman–Crippen MR) is 78.0 cm³/mol. The number of rotatable bonds is 2. The van der Waals surface area contributed by atoms with E-state index >= 15 is 0 Å². The number of amides is 1. The second-order valence-corrected chi connectivity index (χ2v) is 5.25. The summed E-state index contributed by atoms with van der Waals surface area (Å²) in [5.41, 5.74) is 1.62. The first kappa shape index (κ1) is 13.5. The van der Waals surface area contributed by atoms with Gasteiger partial charge in [0.25, 0.3) is 5.91 Å². The summed E-state index contributed by atoms with van der Waals surface area (Å²) < 4.78 is 0. The molecule has 1 saturated heterocycles. The molecule has 1 N–H and O–H groups in total. The molecule has 2 heterocycles. The number of benzene rings is 1. The highest BCUT2D eigenvalue weighted by atomic mass is 16.3. The third-order valence-electron chi connectivity index (χ3n) is 3.93. The van der Waals surface area contributed by atoms with E-state index in [4.69, 9.17) is 0 Å². The number of hydrogen-bond acceptors (Lipinski definition) is 4. The molecular weight excluding hydrogens is 266 g/mol. The molecule has 1 aromatic carbocycles. The van der Waals surface area contributed by atoms with Crippen molar-refractivity contribution < 1.29 is 9.90 Å². The van der Waals surface area contributed by atoms with Gasteiger partial charge in [0.05, 0.1) is 6.20 Å². The van der Waals surface area contributed by atoms with Gasteiger partial charge in [0.2, 0.25) is 0 Å². The Morgan fingerprint density at radius 3 is 2.48 bits per heavy atom. The van der Waals surface area contributed by atoms with E-state index in [0.29, 0.717) is 11.6 Å². The fourth-order valence-electron chi connectivity index (χ4n) is 2.73. The molecule has 0 atom stereocenters. The highest BCUT2D eigenvalue weighted by Crippen LogP contribution is 2.29. The number of aromatic hydroxyl groups is 1. The monoisotopic (exact) mass is 283 g/mol. The van der Waals surface area contributed by atoms with Crippen LogP contribution in [0.3, 0.4) is 0 Å². The molecule has 0 radical (unpaired) electrons. The average molecular weight is 283 g/mol. The second kappa shape index (κ2) is 5.91. The lowest BCUT2D eigenvalue weighted by Crippen LogP contribution is -2.38. The normalized spacial score (nSPS) is 15.9. The molecule has 0 bridgehead atoms. The first-order valence-corrected chi connectivity index (χ1v) is 7.08. The zero-order chi connectivity index (χ0) is 14.7. The Labute approximate surface area is 123 Å². The molecule has 2 aromatic rings. The number of phenols is 1. The van der Waals surface area contributed by atoms with Crippen molar-refractivity contribution >= 4 is 5.91 Å². The molecule has 21 heavy (non-hydrogen) atoms. The van der Waals surface area contributed by atoms with E-state index < -0.39 is 0 Å². The maximum atomic E-state index is 12.3. The number of nitrogens with zero attached hydrogens (tertiary/aromatic N) is 3. The zero-order valence-electron chi connectivity index (χ0n) is 11.6. The number of hydrogen-bond donors (Lipinski definition) is 1. The number of phenolic OH excluding ortho intramolecular Hbond substituents is 1. The quantitative estimate of drug-likeness (QED) is 0.917. The molecular formula is C16H17N3O2. The van der Waals surface area contributed by atoms with Gasteiger partial charge in [-0.05, 0) is 36.5 Å². The van der Waals surface area contributed by atoms with Gasteiger partial charge in [0.1, 0.15) is 11.4 Å². The van der Waals surface area contributed by atoms with Gasteiger partial charge in [-0.2, -0.15) is 0 Å². The minimum absolute atomic E-state index is 0.0488. The van der Waals surface area contributed by atoms with Crippen LogP contribution in [-0.2, 0) is 0 Å². The number of carbonyl (C=O) groups is 1. The third-order valence-corrected chi connectivity index (χ3v) is 3.93. The zero-order valence-corrected chi connectivity index (χ0v) is 11.6. The molecule has 1 aromatic heterocycles. The van der Waals surface area contributed by atoms with Gasteiger partial charge in [-0.1, -0.05) is 12.1 Å². The summed E-state index contributed by atoms with van der Waals surface area (Å²) in [6, 6.07) is 7.35. The van der Waals surface area contributed by atoms with Gasteiger partial charge in [0.15, 0.2) is 0 Å². The SMILES string of the molecule is O=C(c1cnccn1)N1CCC(c2ccc(O)cc2)CC1. The average Bonchev–Trinajstić information content (AvgIpc) is 2.56. The van der Waals surface area contributed by atoms with E-state index in [1.165, 1.54) is 18.0 Å². The van der Waals surface area contributed by atoms with Gasteiger partial charge in [-0.15, -0.1) is 0 Å². The molecule has 0 saturated carbocycles. The Hall–Kier alpha value is -2.43. The summed E-state index contributed by atoms with van der Waals surface area (Å²) in [6.45, 7) is 1.45. The van der Waals surface area contributed by atoms with Crippen molar-refractivity contribution in [2.45, 2.75) is 18.8 Å². The van der Waals surface area contributed by atoms with Gasteiger partial charge < -0.3 is 10.0 Å². The Balaban J connectivity index is 1.63. The highest BCUT2D eigenvalue weighted by Gasteiger charge is 2.25. The van der Waals surface area contributed by atoms with Crippen molar-refractivity contribution in [3.8, 4) is 5.75 Å². The fourth-order valence-corrected chi connectivity index (χ4v) is 2.73. The third kappa shape index (κ3) is 3.02. The van der Waals surface area contributed by atoms with Gasteiger partial charge in [-0.25, -0.2) is 4.98 Å². The molecule has 1 amide bonds. The Morgan fingerprint density at radius 1 is 1.14 bits per heavy atom. The van der Waals surface area contributed by atoms with Crippen LogP contribution >= 0.6 is 0 Å². The van der Waals surface area contributed by atoms with Crippen LogP contribution in [0.1, 0.15) is 34.8 Å². The predicted octanol–water partition coefficient (Wildman–Crippen LogP) is 2.20. The smallest absolute Gasteiger partial charge is 0.274 e. The Kier molecular flexibility index (Phi) is 3.81. The molecule has 0 aliphatic carbocycles. The topological polar surface area (TPSA) is 66.3 Å². The molecule has 0 unspecified atom stereocenters. The number of aromatic nitrogens is 2. The molecule has 108 valence electrons. The van der Waals surface area contributed by atoms with E-state index in [0.717, 1.165) is 25.9 Å². The van der Waals surface area contributed by atoms with Crippen LogP contribution in [0.15, 0.2) is 42.9 Å². The summed E-state index contributed by atoms with van der Waals surface area (Å²) in [4.78, 5) is 22.1. The lowest BCUT2D eigenvalue weighted by atomic mass is 9.89. The van der Waals surface area contributed by atoms with Gasteiger partial charge >= 0.3 is 0 Å². The number of likely N-dealkylation sites (tertiary alicyclic amines) is 1. The minimum atomic E-state index is -0.0488. The second-order valence-electron chi connectivity index (χ2n) is 5.25. The van der Waals surface area contributed by atoms with E-state index in [2.05, 4.69) is 9.97 Å². The molecule has 1 aliphatic rings. The van der Waals surface area contributed by atoms with Crippen LogP contribution in [-0.4, -0.2) is 39.0 Å². The van der Waals surface area contributed by atoms with Crippen LogP contribution in [0.5, 0.6) is 5.75 Å². The van der Waals surface area contributed by atoms with Gasteiger partial charge in [-0.3, -0.25) is 9.78 Å². The first-order valence-electron chi connectivity index (χ1n) is 7.08. The molecule has 5 heteroatoms. The van der Waals surface area contributed by atoms with E-state index in [1.54, 1.807) is 18.3 Å². The Morgan fingerprint density at radius 2 is 1.86 bits per heavy atom. The summed E-state index contributed by atoms with van der Waals surface area (Å²) in [5, 5.41) is 9.33. The molecule has 5 nitrogen and oxygen atoms in total. The summed E-state index contributed by atoms with van der Waals surface area (Å²) in [5.74, 6) is 0.678. The van der Waals surface area contributed by atoms with Crippen molar-refractivity contribution in [2.24, 2.45) is 0 Å². The summed E-state index contributed by atoms with van der Waals surface area (Å²) in [7, 11) is 0. The molecule has 3 rings (SSSR count). The largest absolute Gasteiger partial charge is 0.508 e. The van der Waals surface area contributed by atoms with Crippen LogP contribution in [0.25, 0.3) is 0 Å². The van der Waals surface area contributed by atoms with Crippen molar-refractivity contribution in [1.82, 2.24) is 14.9 Å². The van der Waals surface area contributed by atoms with Crippen LogP contribution in [0.2, 0.25) is 0 Å². The minimum Gasteiger partial charge on any atom is -0.508 e. The van der Waals surface area contributed by atoms with Crippen LogP contribution in [0, 0.1) is 0 Å². The van der Waals surface area contributed by atoms with Gasteiger partial charge in [0, 0.05) is 25.5 Å². The fraction of sp³-hybridized carbons (Fsp3) is 0.312. The van der Waals surface area contributed by atoms with Crippen molar-refractivity contribution in [3.63, 3.8) is 0 Å². The van der Waals surface area contributed by atoms with E-state index in [-0.39, 0.29) is 11.7 Å². The van der Waals surface area contributed by atoms with Crippen LogP contribution in [0.4, 0.5) is 0 Å². The highest BCUT2D eigenvalue weighted by molar-refractivity contribution is 5.92. The summed E-state index contributed by atoms with van der Waals surface area (Å²) >= 11 is 0. The molecule has 1 aliphatic heterocycles. The lowest BCUT2D eigenvalue weighted by molar-refractivity contribution is 0.0706. The molecule has 0 spiro atoms. The standard InChI is InChI=1S/C16H17N3O2/c20-14-3-1-12(2-4-14)13-5-9-19(10-6-13)16(21)15-11-17-7-8-18-15/h1-4,7-8,11,13,20H,5-6,9-10H2. The Bertz CT molecular complexity index is 605. The summed E-state index contributed by atoms with van der Waals surface area (Å²) in [6.07, 6.45) is 6.46. The number of carbonyl (C=O) groups excluding carboxylic acids is 1. The maximum Gasteiger partial charge on any atom is 0.274 e. The van der Waals surface area contributed by atoms with Crippen molar-refractivity contribution in [3.05, 3.63) is 54.1 Å². The van der Waals surface area contributed by atoms with E-state index in [9.17, 15) is 9.90 Å². The molecule has 1 fully saturated rings. The van der Waals surface area contributed by atoms with E-state index in [1.807, 2.05) is 17.0 Å². The van der Waals surface area contributed by atoms with Crippen molar-refractivity contribution in [2.75, 3.05) is 13.1 Å². The lowest BCUT2D eigenvalue weighted by Gasteiger charge is -2.32. The van der Waals surface area contributed by atoms with Crippen LogP contribution < -0.4 is 0 Å². The van der Waals surface area contributed by atoms with Crippen molar-refractivity contribution in [1.29, 1.82) is 0 Å². The number of piperidine rings is 1. The first-order chi connectivity index (χ1) is 10.2. The maximum absolute atomic E-state index is 12.3.